The number of likely N-dealkylation sites (tertiary alicyclic amines) is 1. The number of pyridine rings is 2. The van der Waals surface area contributed by atoms with E-state index in [1.807, 2.05) is 18.2 Å². The van der Waals surface area contributed by atoms with Gasteiger partial charge in [-0.2, -0.15) is 0 Å². The molecule has 16 heteroatoms. The van der Waals surface area contributed by atoms with Gasteiger partial charge in [0.25, 0.3) is 0 Å². The predicted molar refractivity (Wildman–Crippen MR) is 155 cm³/mol. The number of aromatic nitrogens is 2. The summed E-state index contributed by atoms with van der Waals surface area (Å²) in [5, 5.41) is 44.2. The number of ether oxygens (including phenoxy) is 3. The van der Waals surface area contributed by atoms with Gasteiger partial charge in [-0.15, -0.1) is 0 Å². The highest BCUT2D eigenvalue weighted by atomic mass is 16.6. The Bertz CT molecular complexity index is 1450. The van der Waals surface area contributed by atoms with Crippen LogP contribution in [0.2, 0.25) is 0 Å². The summed E-state index contributed by atoms with van der Waals surface area (Å²) in [6.45, 7) is 4.48. The second-order valence-corrected chi connectivity index (χ2v) is 9.79. The lowest BCUT2D eigenvalue weighted by Crippen LogP contribution is -2.43. The molecule has 242 valence electrons. The van der Waals surface area contributed by atoms with Crippen molar-refractivity contribution in [3.05, 3.63) is 53.7 Å². The number of fused-ring (bicyclic) bond motifs is 2. The summed E-state index contributed by atoms with van der Waals surface area (Å²) < 4.78 is 16.5. The first kappa shape index (κ1) is 34.4. The summed E-state index contributed by atoms with van der Waals surface area (Å²) in [5.41, 5.74) is 3.44. The number of methoxy groups -OCH3 is 1. The van der Waals surface area contributed by atoms with Crippen molar-refractivity contribution >= 4 is 34.9 Å². The van der Waals surface area contributed by atoms with E-state index in [1.54, 1.807) is 19.4 Å². The number of nitrogens with zero attached hydrogens (tertiary/aromatic N) is 3. The minimum atomic E-state index is -1.82. The van der Waals surface area contributed by atoms with Gasteiger partial charge in [-0.1, -0.05) is 6.07 Å². The van der Waals surface area contributed by atoms with Crippen LogP contribution >= 0.6 is 0 Å². The summed E-state index contributed by atoms with van der Waals surface area (Å²) in [6.07, 6.45) is 3.18. The van der Waals surface area contributed by atoms with Crippen LogP contribution in [0.5, 0.6) is 17.4 Å². The first-order valence-electron chi connectivity index (χ1n) is 13.7. The molecule has 2 aromatic heterocycles. The first-order valence-corrected chi connectivity index (χ1v) is 13.7. The number of benzene rings is 1. The number of carbonyl (C=O) groups is 4. The summed E-state index contributed by atoms with van der Waals surface area (Å²) in [6, 6.07) is 12.1. The molecule has 1 fully saturated rings. The van der Waals surface area contributed by atoms with Gasteiger partial charge in [0.2, 0.25) is 5.88 Å². The van der Waals surface area contributed by atoms with Crippen LogP contribution in [-0.2, 0) is 25.7 Å². The van der Waals surface area contributed by atoms with Gasteiger partial charge in [0.1, 0.15) is 13.2 Å². The standard InChI is InChI=1S/C25H30N4O4.2C2H2O4/c1-31-24-5-3-20-25(28-24)19(6-9-26-20)21(30)16-29-10-7-18(8-11-29)27-15-17-2-4-22-23(14-17)33-13-12-32-22;2*3-1(4)2(5)6/h2-6,9,14,18,21,27,30H,7-8,10-13,15-16H2,1H3;2*(H,3,4)(H,5,6)/t21-;;/m0../s1. The Labute approximate surface area is 256 Å². The Kier molecular flexibility index (Phi) is 12.8. The van der Waals surface area contributed by atoms with Gasteiger partial charge < -0.3 is 50.0 Å². The molecule has 1 aromatic carbocycles. The van der Waals surface area contributed by atoms with Crippen molar-refractivity contribution in [3.63, 3.8) is 0 Å². The van der Waals surface area contributed by atoms with Crippen molar-refractivity contribution in [2.24, 2.45) is 0 Å². The molecule has 16 nitrogen and oxygen atoms in total. The largest absolute Gasteiger partial charge is 0.486 e. The average Bonchev–Trinajstić information content (AvgIpc) is 3.04. The third-order valence-electron chi connectivity index (χ3n) is 6.74. The number of carboxylic acid groups (broad SMARTS) is 4. The van der Waals surface area contributed by atoms with Crippen LogP contribution in [0.25, 0.3) is 11.0 Å². The van der Waals surface area contributed by atoms with Crippen LogP contribution in [0.3, 0.4) is 0 Å². The maximum atomic E-state index is 11.0. The van der Waals surface area contributed by atoms with E-state index >= 15 is 0 Å². The zero-order chi connectivity index (χ0) is 32.9. The van der Waals surface area contributed by atoms with Gasteiger partial charge in [-0.3, -0.25) is 4.98 Å². The number of piperidine rings is 1. The smallest absolute Gasteiger partial charge is 0.414 e. The number of aliphatic hydroxyl groups excluding tert-OH is 1. The van der Waals surface area contributed by atoms with Crippen molar-refractivity contribution < 1.29 is 58.9 Å². The zero-order valence-electron chi connectivity index (χ0n) is 24.3. The molecule has 1 atom stereocenters. The topological polar surface area (TPSA) is 238 Å². The van der Waals surface area contributed by atoms with Gasteiger partial charge in [0, 0.05) is 37.0 Å². The van der Waals surface area contributed by atoms with Gasteiger partial charge in [0.05, 0.1) is 24.2 Å². The Hall–Kier alpha value is -5.06. The quantitative estimate of drug-likeness (QED) is 0.200. The van der Waals surface area contributed by atoms with Gasteiger partial charge >= 0.3 is 23.9 Å². The lowest BCUT2D eigenvalue weighted by Gasteiger charge is -2.33. The van der Waals surface area contributed by atoms with Crippen molar-refractivity contribution in [1.29, 1.82) is 0 Å². The predicted octanol–water partition coefficient (Wildman–Crippen LogP) is 1.01. The van der Waals surface area contributed by atoms with E-state index in [2.05, 4.69) is 32.3 Å². The van der Waals surface area contributed by atoms with Crippen molar-refractivity contribution in [2.45, 2.75) is 31.5 Å². The number of nitrogens with one attached hydrogen (secondary N) is 1. The third-order valence-corrected chi connectivity index (χ3v) is 6.74. The molecule has 0 unspecified atom stereocenters. The third kappa shape index (κ3) is 10.6. The van der Waals surface area contributed by atoms with E-state index < -0.39 is 30.0 Å². The molecular weight excluding hydrogens is 596 g/mol. The summed E-state index contributed by atoms with van der Waals surface area (Å²) >= 11 is 0. The van der Waals surface area contributed by atoms with Crippen LogP contribution in [0.4, 0.5) is 0 Å². The Morgan fingerprint density at radius 1 is 0.933 bits per heavy atom. The van der Waals surface area contributed by atoms with E-state index in [1.165, 1.54) is 5.56 Å². The van der Waals surface area contributed by atoms with Crippen LogP contribution < -0.4 is 19.5 Å². The number of rotatable bonds is 7. The molecule has 4 heterocycles. The van der Waals surface area contributed by atoms with Gasteiger partial charge in [-0.05, 0) is 55.8 Å². The summed E-state index contributed by atoms with van der Waals surface area (Å²) in [7, 11) is 1.59. The number of hydrogen-bond acceptors (Lipinski definition) is 12. The second-order valence-electron chi connectivity index (χ2n) is 9.79. The fourth-order valence-electron chi connectivity index (χ4n) is 4.53. The number of aliphatic hydroxyl groups is 1. The molecule has 0 amide bonds. The Balaban J connectivity index is 0.000000392. The molecule has 5 rings (SSSR count). The van der Waals surface area contributed by atoms with E-state index in [0.29, 0.717) is 37.2 Å². The summed E-state index contributed by atoms with van der Waals surface area (Å²) in [5.74, 6) is -5.11. The normalized spacial score (nSPS) is 15.0. The van der Waals surface area contributed by atoms with E-state index in [0.717, 1.165) is 55.1 Å². The lowest BCUT2D eigenvalue weighted by molar-refractivity contribution is -0.159. The molecule has 0 saturated carbocycles. The maximum Gasteiger partial charge on any atom is 0.414 e. The van der Waals surface area contributed by atoms with Gasteiger partial charge in [-0.25, -0.2) is 24.2 Å². The van der Waals surface area contributed by atoms with Crippen molar-refractivity contribution in [1.82, 2.24) is 20.2 Å². The SMILES string of the molecule is COc1ccc2nccc([C@@H](O)CN3CCC(NCc4ccc5c(c4)OCCO5)CC3)c2n1.O=C(O)C(=O)O.O=C(O)C(=O)O. The lowest BCUT2D eigenvalue weighted by atomic mass is 10.0. The molecule has 6 N–H and O–H groups in total. The molecular formula is C29H34N4O12. The number of hydrogen-bond donors (Lipinski definition) is 6. The molecule has 0 bridgehead atoms. The molecule has 2 aliphatic heterocycles. The van der Waals surface area contributed by atoms with E-state index in [4.69, 9.17) is 53.8 Å². The van der Waals surface area contributed by atoms with Crippen LogP contribution in [0, 0.1) is 0 Å². The molecule has 0 aliphatic carbocycles. The molecule has 2 aliphatic rings. The number of aliphatic carboxylic acids is 4. The van der Waals surface area contributed by atoms with Crippen molar-refractivity contribution in [3.8, 4) is 17.4 Å². The fraction of sp³-hybridized carbons (Fsp3) is 0.379. The Morgan fingerprint density at radius 3 is 2.16 bits per heavy atom. The van der Waals surface area contributed by atoms with E-state index in [-0.39, 0.29) is 0 Å². The monoisotopic (exact) mass is 630 g/mol. The van der Waals surface area contributed by atoms with Crippen LogP contribution in [0.1, 0.15) is 30.1 Å². The number of carboxylic acids is 4. The number of β-amino-alcohol motifs (C(OH)–C–C–N with tert-alkyl or cyclic N) is 1. The van der Waals surface area contributed by atoms with Gasteiger partial charge in [0.15, 0.2) is 11.5 Å². The second kappa shape index (κ2) is 16.7. The average molecular weight is 631 g/mol. The highest BCUT2D eigenvalue weighted by molar-refractivity contribution is 6.27. The molecule has 1 saturated heterocycles. The Morgan fingerprint density at radius 2 is 1.56 bits per heavy atom. The maximum absolute atomic E-state index is 11.0. The highest BCUT2D eigenvalue weighted by Crippen LogP contribution is 2.31. The zero-order valence-corrected chi connectivity index (χ0v) is 24.3. The minimum absolute atomic E-state index is 0.458. The molecule has 0 radical (unpaired) electrons. The van der Waals surface area contributed by atoms with Crippen LogP contribution in [-0.4, -0.2) is 110 Å². The molecule has 0 spiro atoms. The first-order chi connectivity index (χ1) is 21.5. The van der Waals surface area contributed by atoms with Crippen molar-refractivity contribution in [2.75, 3.05) is 40.0 Å². The summed E-state index contributed by atoms with van der Waals surface area (Å²) in [4.78, 5) is 47.6. The highest BCUT2D eigenvalue weighted by Gasteiger charge is 2.23. The van der Waals surface area contributed by atoms with E-state index in [9.17, 15) is 5.11 Å². The minimum Gasteiger partial charge on any atom is -0.486 e. The molecule has 45 heavy (non-hydrogen) atoms. The fourth-order valence-corrected chi connectivity index (χ4v) is 4.53. The molecule has 3 aromatic rings. The van der Waals surface area contributed by atoms with Crippen LogP contribution in [0.15, 0.2) is 42.6 Å².